The Kier molecular flexibility index (Phi) is 5.24. The molecule has 0 radical (unpaired) electrons. The van der Waals surface area contributed by atoms with Crippen LogP contribution >= 0.6 is 0 Å². The lowest BCUT2D eigenvalue weighted by molar-refractivity contribution is -0.154. The fourth-order valence-corrected chi connectivity index (χ4v) is 2.38. The standard InChI is InChI=1S/C17H15F3N4O3/c1-2-26-16(25)15-12-9-24(23-13(12)6-7-21-15)8-11-4-3-5-14(22-11)27-10-17(18,19)20/h3-7,9H,2,8,10H2,1H3. The Morgan fingerprint density at radius 1 is 1.26 bits per heavy atom. The van der Waals surface area contributed by atoms with Gasteiger partial charge in [0.1, 0.15) is 0 Å². The zero-order valence-corrected chi connectivity index (χ0v) is 14.2. The Hall–Kier alpha value is -3.17. The summed E-state index contributed by atoms with van der Waals surface area (Å²) < 4.78 is 47.9. The first-order valence-corrected chi connectivity index (χ1v) is 8.00. The van der Waals surface area contributed by atoms with Crippen molar-refractivity contribution in [2.75, 3.05) is 13.2 Å². The van der Waals surface area contributed by atoms with Crippen molar-refractivity contribution in [1.82, 2.24) is 19.7 Å². The van der Waals surface area contributed by atoms with Gasteiger partial charge in [0.05, 0.1) is 29.7 Å². The molecule has 0 atom stereocenters. The van der Waals surface area contributed by atoms with Crippen molar-refractivity contribution >= 4 is 16.9 Å². The third kappa shape index (κ3) is 4.72. The molecule has 0 aromatic carbocycles. The largest absolute Gasteiger partial charge is 0.468 e. The molecule has 0 spiro atoms. The zero-order valence-electron chi connectivity index (χ0n) is 14.2. The Morgan fingerprint density at radius 3 is 2.81 bits per heavy atom. The average Bonchev–Trinajstić information content (AvgIpc) is 3.02. The molecule has 27 heavy (non-hydrogen) atoms. The van der Waals surface area contributed by atoms with Crippen LogP contribution in [0, 0.1) is 0 Å². The molecule has 0 unspecified atom stereocenters. The maximum absolute atomic E-state index is 12.3. The van der Waals surface area contributed by atoms with Gasteiger partial charge >= 0.3 is 12.1 Å². The van der Waals surface area contributed by atoms with Gasteiger partial charge in [-0.1, -0.05) is 6.07 Å². The summed E-state index contributed by atoms with van der Waals surface area (Å²) in [5.74, 6) is -0.682. The van der Waals surface area contributed by atoms with E-state index in [-0.39, 0.29) is 24.7 Å². The molecular formula is C17H15F3N4O3. The van der Waals surface area contributed by atoms with Gasteiger partial charge in [0.15, 0.2) is 12.3 Å². The van der Waals surface area contributed by atoms with Crippen LogP contribution in [0.2, 0.25) is 0 Å². The Bertz CT molecular complexity index is 956. The fraction of sp³-hybridized carbons (Fsp3) is 0.294. The van der Waals surface area contributed by atoms with Crippen LogP contribution < -0.4 is 4.74 Å². The van der Waals surface area contributed by atoms with E-state index in [0.717, 1.165) is 0 Å². The molecule has 0 N–H and O–H groups in total. The van der Waals surface area contributed by atoms with Crippen LogP contribution in [-0.2, 0) is 11.3 Å². The van der Waals surface area contributed by atoms with E-state index in [2.05, 4.69) is 19.8 Å². The van der Waals surface area contributed by atoms with Gasteiger partial charge in [-0.3, -0.25) is 4.68 Å². The highest BCUT2D eigenvalue weighted by Crippen LogP contribution is 2.19. The van der Waals surface area contributed by atoms with E-state index in [4.69, 9.17) is 4.74 Å². The van der Waals surface area contributed by atoms with Crippen molar-refractivity contribution in [2.24, 2.45) is 0 Å². The first kappa shape index (κ1) is 18.6. The van der Waals surface area contributed by atoms with Crippen LogP contribution in [0.15, 0.2) is 36.7 Å². The van der Waals surface area contributed by atoms with Gasteiger partial charge in [0, 0.05) is 18.5 Å². The van der Waals surface area contributed by atoms with Crippen LogP contribution in [0.3, 0.4) is 0 Å². The summed E-state index contributed by atoms with van der Waals surface area (Å²) in [4.78, 5) is 20.1. The zero-order chi connectivity index (χ0) is 19.4. The number of carbonyl (C=O) groups excluding carboxylic acids is 1. The Morgan fingerprint density at radius 2 is 2.07 bits per heavy atom. The Balaban J connectivity index is 1.81. The second-order valence-corrected chi connectivity index (χ2v) is 5.51. The quantitative estimate of drug-likeness (QED) is 0.612. The molecule has 0 aliphatic rings. The molecule has 3 heterocycles. The second-order valence-electron chi connectivity index (χ2n) is 5.51. The van der Waals surface area contributed by atoms with Crippen LogP contribution in [0.1, 0.15) is 23.1 Å². The molecule has 0 fully saturated rings. The van der Waals surface area contributed by atoms with Gasteiger partial charge in [0.25, 0.3) is 0 Å². The summed E-state index contributed by atoms with van der Waals surface area (Å²) in [6.07, 6.45) is -1.37. The number of rotatable bonds is 6. The van der Waals surface area contributed by atoms with E-state index in [1.807, 2.05) is 0 Å². The first-order chi connectivity index (χ1) is 12.9. The average molecular weight is 380 g/mol. The fourth-order valence-electron chi connectivity index (χ4n) is 2.38. The lowest BCUT2D eigenvalue weighted by Gasteiger charge is -2.09. The molecule has 7 nitrogen and oxygen atoms in total. The first-order valence-electron chi connectivity index (χ1n) is 8.00. The van der Waals surface area contributed by atoms with Crippen molar-refractivity contribution in [1.29, 1.82) is 0 Å². The minimum Gasteiger partial charge on any atom is -0.468 e. The smallest absolute Gasteiger partial charge is 0.422 e. The number of ether oxygens (including phenoxy) is 2. The number of hydrogen-bond acceptors (Lipinski definition) is 6. The van der Waals surface area contributed by atoms with E-state index in [1.54, 1.807) is 31.3 Å². The van der Waals surface area contributed by atoms with E-state index in [0.29, 0.717) is 16.6 Å². The van der Waals surface area contributed by atoms with E-state index in [9.17, 15) is 18.0 Å². The topological polar surface area (TPSA) is 79.1 Å². The lowest BCUT2D eigenvalue weighted by atomic mass is 10.2. The maximum Gasteiger partial charge on any atom is 0.422 e. The Labute approximate surface area is 151 Å². The lowest BCUT2D eigenvalue weighted by Crippen LogP contribution is -2.19. The molecule has 0 amide bonds. The van der Waals surface area contributed by atoms with Gasteiger partial charge in [-0.2, -0.15) is 18.3 Å². The van der Waals surface area contributed by atoms with Crippen molar-refractivity contribution < 1.29 is 27.4 Å². The predicted octanol–water partition coefficient (Wildman–Crippen LogP) is 2.99. The molecule has 0 bridgehead atoms. The van der Waals surface area contributed by atoms with Crippen LogP contribution in [0.25, 0.3) is 10.9 Å². The van der Waals surface area contributed by atoms with Crippen molar-refractivity contribution in [3.63, 3.8) is 0 Å². The molecule has 0 aliphatic heterocycles. The second kappa shape index (κ2) is 7.60. The number of fused-ring (bicyclic) bond motifs is 1. The number of carbonyl (C=O) groups is 1. The van der Waals surface area contributed by atoms with E-state index in [1.165, 1.54) is 16.9 Å². The summed E-state index contributed by atoms with van der Waals surface area (Å²) in [5, 5.41) is 4.85. The van der Waals surface area contributed by atoms with Gasteiger partial charge < -0.3 is 9.47 Å². The van der Waals surface area contributed by atoms with Crippen LogP contribution in [0.4, 0.5) is 13.2 Å². The molecule has 3 rings (SSSR count). The third-order valence-corrected chi connectivity index (χ3v) is 3.44. The highest BCUT2D eigenvalue weighted by molar-refractivity contribution is 6.01. The summed E-state index contributed by atoms with van der Waals surface area (Å²) in [7, 11) is 0. The normalized spacial score (nSPS) is 11.6. The summed E-state index contributed by atoms with van der Waals surface area (Å²) >= 11 is 0. The van der Waals surface area contributed by atoms with Gasteiger partial charge in [-0.15, -0.1) is 0 Å². The minimum absolute atomic E-state index is 0.129. The van der Waals surface area contributed by atoms with Gasteiger partial charge in [0.2, 0.25) is 5.88 Å². The molecule has 0 aliphatic carbocycles. The van der Waals surface area contributed by atoms with E-state index >= 15 is 0 Å². The van der Waals surface area contributed by atoms with Crippen molar-refractivity contribution in [3.8, 4) is 5.88 Å². The molecule has 0 saturated heterocycles. The highest BCUT2D eigenvalue weighted by atomic mass is 19.4. The molecule has 3 aromatic heterocycles. The van der Waals surface area contributed by atoms with Gasteiger partial charge in [-0.05, 0) is 19.1 Å². The minimum atomic E-state index is -4.44. The molecule has 3 aromatic rings. The molecule has 10 heteroatoms. The number of esters is 1. The monoisotopic (exact) mass is 380 g/mol. The van der Waals surface area contributed by atoms with Crippen LogP contribution in [-0.4, -0.2) is 45.1 Å². The highest BCUT2D eigenvalue weighted by Gasteiger charge is 2.28. The van der Waals surface area contributed by atoms with Crippen LogP contribution in [0.5, 0.6) is 5.88 Å². The number of aromatic nitrogens is 4. The number of nitrogens with zero attached hydrogens (tertiary/aromatic N) is 4. The number of pyridine rings is 2. The third-order valence-electron chi connectivity index (χ3n) is 3.44. The number of hydrogen-bond donors (Lipinski definition) is 0. The van der Waals surface area contributed by atoms with Crippen molar-refractivity contribution in [2.45, 2.75) is 19.6 Å². The molecule has 142 valence electrons. The molecular weight excluding hydrogens is 365 g/mol. The van der Waals surface area contributed by atoms with Crippen molar-refractivity contribution in [3.05, 3.63) is 48.0 Å². The number of alkyl halides is 3. The number of halogens is 3. The molecule has 0 saturated carbocycles. The van der Waals surface area contributed by atoms with E-state index < -0.39 is 18.8 Å². The van der Waals surface area contributed by atoms with Gasteiger partial charge in [-0.25, -0.2) is 14.8 Å². The SMILES string of the molecule is CCOC(=O)c1nccc2nn(Cc3cccc(OCC(F)(F)F)n3)cc12. The summed E-state index contributed by atoms with van der Waals surface area (Å²) in [6, 6.07) is 6.17. The summed E-state index contributed by atoms with van der Waals surface area (Å²) in [5.41, 5.74) is 1.14. The maximum atomic E-state index is 12.3. The predicted molar refractivity (Wildman–Crippen MR) is 88.4 cm³/mol. The summed E-state index contributed by atoms with van der Waals surface area (Å²) in [6.45, 7) is 0.685.